The summed E-state index contributed by atoms with van der Waals surface area (Å²) in [5.74, 6) is -1.62. The van der Waals surface area contributed by atoms with Gasteiger partial charge in [-0.2, -0.15) is 13.2 Å². The molecule has 2 nitrogen and oxygen atoms in total. The maximum absolute atomic E-state index is 12.3. The summed E-state index contributed by atoms with van der Waals surface area (Å²) in [7, 11) is 0. The van der Waals surface area contributed by atoms with Gasteiger partial charge in [0.2, 0.25) is 0 Å². The highest BCUT2D eigenvalue weighted by atomic mass is 19.4. The molecule has 1 aliphatic rings. The largest absolute Gasteiger partial charge is 0.481 e. The van der Waals surface area contributed by atoms with Gasteiger partial charge < -0.3 is 5.11 Å². The molecule has 0 amide bonds. The standard InChI is InChI=1S/C10H7F3O2/c11-10(12,13)6-1-2-7-5(3-6)4-8(7)9(14)15/h1-3,8H,4H2,(H,14,15). The van der Waals surface area contributed by atoms with E-state index in [2.05, 4.69) is 0 Å². The maximum atomic E-state index is 12.3. The van der Waals surface area contributed by atoms with Gasteiger partial charge in [-0.05, 0) is 29.7 Å². The van der Waals surface area contributed by atoms with Gasteiger partial charge in [-0.3, -0.25) is 4.79 Å². The molecular formula is C10H7F3O2. The summed E-state index contributed by atoms with van der Waals surface area (Å²) >= 11 is 0. The van der Waals surface area contributed by atoms with Crippen LogP contribution in [-0.2, 0) is 17.4 Å². The first kappa shape index (κ1) is 10.0. The zero-order valence-corrected chi connectivity index (χ0v) is 7.51. The third-order valence-corrected chi connectivity index (χ3v) is 2.57. The summed E-state index contributed by atoms with van der Waals surface area (Å²) in [5.41, 5.74) is 0.262. The number of hydrogen-bond acceptors (Lipinski definition) is 1. The molecule has 1 unspecified atom stereocenters. The van der Waals surface area contributed by atoms with Crippen molar-refractivity contribution < 1.29 is 23.1 Å². The zero-order valence-electron chi connectivity index (χ0n) is 7.51. The smallest absolute Gasteiger partial charge is 0.416 e. The van der Waals surface area contributed by atoms with Crippen molar-refractivity contribution >= 4 is 5.97 Å². The van der Waals surface area contributed by atoms with Crippen LogP contribution in [-0.4, -0.2) is 11.1 Å². The number of hydrogen-bond donors (Lipinski definition) is 1. The number of carboxylic acids is 1. The van der Waals surface area contributed by atoms with Crippen LogP contribution in [0.2, 0.25) is 0 Å². The van der Waals surface area contributed by atoms with E-state index in [1.54, 1.807) is 0 Å². The first-order valence-electron chi connectivity index (χ1n) is 4.32. The van der Waals surface area contributed by atoms with Crippen molar-refractivity contribution in [2.45, 2.75) is 18.5 Å². The van der Waals surface area contributed by atoms with E-state index in [0.29, 0.717) is 11.1 Å². The molecule has 80 valence electrons. The lowest BCUT2D eigenvalue weighted by Gasteiger charge is -2.27. The molecule has 1 aromatic carbocycles. The molecule has 0 aliphatic heterocycles. The molecule has 1 N–H and O–H groups in total. The zero-order chi connectivity index (χ0) is 11.2. The minimum atomic E-state index is -4.36. The molecule has 0 bridgehead atoms. The minimum Gasteiger partial charge on any atom is -0.481 e. The van der Waals surface area contributed by atoms with E-state index in [9.17, 15) is 18.0 Å². The number of carboxylic acid groups (broad SMARTS) is 1. The average molecular weight is 216 g/mol. The number of carbonyl (C=O) groups is 1. The lowest BCUT2D eigenvalue weighted by Crippen LogP contribution is -2.25. The van der Waals surface area contributed by atoms with Crippen molar-refractivity contribution in [1.82, 2.24) is 0 Å². The Morgan fingerprint density at radius 1 is 1.40 bits per heavy atom. The van der Waals surface area contributed by atoms with Crippen LogP contribution in [0.4, 0.5) is 13.2 Å². The molecule has 0 saturated heterocycles. The van der Waals surface area contributed by atoms with E-state index in [0.717, 1.165) is 12.1 Å². The normalized spacial score (nSPS) is 19.3. The Kier molecular flexibility index (Phi) is 1.99. The number of halogens is 3. The topological polar surface area (TPSA) is 37.3 Å². The lowest BCUT2D eigenvalue weighted by molar-refractivity contribution is -0.139. The van der Waals surface area contributed by atoms with Gasteiger partial charge >= 0.3 is 12.1 Å². The Balaban J connectivity index is 2.33. The average Bonchev–Trinajstić information content (AvgIpc) is 2.03. The SMILES string of the molecule is O=C(O)C1Cc2cc(C(F)(F)F)ccc21. The van der Waals surface area contributed by atoms with Crippen molar-refractivity contribution in [3.63, 3.8) is 0 Å². The van der Waals surface area contributed by atoms with E-state index < -0.39 is 23.6 Å². The Morgan fingerprint density at radius 3 is 2.53 bits per heavy atom. The van der Waals surface area contributed by atoms with Crippen LogP contribution in [0.5, 0.6) is 0 Å². The van der Waals surface area contributed by atoms with Crippen LogP contribution < -0.4 is 0 Å². The maximum Gasteiger partial charge on any atom is 0.416 e. The molecule has 15 heavy (non-hydrogen) atoms. The Morgan fingerprint density at radius 2 is 2.07 bits per heavy atom. The van der Waals surface area contributed by atoms with Gasteiger partial charge in [0.15, 0.2) is 0 Å². The van der Waals surface area contributed by atoms with E-state index in [-0.39, 0.29) is 6.42 Å². The van der Waals surface area contributed by atoms with Gasteiger partial charge in [-0.1, -0.05) is 6.07 Å². The minimum absolute atomic E-state index is 0.189. The van der Waals surface area contributed by atoms with Crippen LogP contribution in [0.15, 0.2) is 18.2 Å². The summed E-state index contributed by atoms with van der Waals surface area (Å²) < 4.78 is 36.8. The fraction of sp³-hybridized carbons (Fsp3) is 0.300. The molecule has 1 aromatic rings. The molecular weight excluding hydrogens is 209 g/mol. The third kappa shape index (κ3) is 1.58. The molecule has 1 atom stereocenters. The van der Waals surface area contributed by atoms with Gasteiger partial charge in [0.1, 0.15) is 0 Å². The Bertz CT molecular complexity index is 423. The van der Waals surface area contributed by atoms with Gasteiger partial charge in [-0.15, -0.1) is 0 Å². The second-order valence-electron chi connectivity index (χ2n) is 3.51. The molecule has 1 aliphatic carbocycles. The fourth-order valence-electron chi connectivity index (χ4n) is 1.72. The van der Waals surface area contributed by atoms with E-state index in [1.807, 2.05) is 0 Å². The number of alkyl halides is 3. The monoisotopic (exact) mass is 216 g/mol. The summed E-state index contributed by atoms with van der Waals surface area (Å²) in [6.07, 6.45) is -4.17. The second kappa shape index (κ2) is 2.98. The number of benzene rings is 1. The highest BCUT2D eigenvalue weighted by molar-refractivity contribution is 5.80. The summed E-state index contributed by atoms with van der Waals surface area (Å²) in [4.78, 5) is 10.6. The van der Waals surface area contributed by atoms with Gasteiger partial charge in [0.05, 0.1) is 11.5 Å². The predicted molar refractivity (Wildman–Crippen MR) is 45.5 cm³/mol. The molecule has 0 fully saturated rings. The second-order valence-corrected chi connectivity index (χ2v) is 3.51. The van der Waals surface area contributed by atoms with Crippen LogP contribution >= 0.6 is 0 Å². The molecule has 0 heterocycles. The highest BCUT2D eigenvalue weighted by Gasteiger charge is 2.36. The van der Waals surface area contributed by atoms with Crippen LogP contribution in [0.25, 0.3) is 0 Å². The van der Waals surface area contributed by atoms with Crippen LogP contribution in [0.1, 0.15) is 22.6 Å². The van der Waals surface area contributed by atoms with Gasteiger partial charge in [0.25, 0.3) is 0 Å². The van der Waals surface area contributed by atoms with E-state index >= 15 is 0 Å². The Hall–Kier alpha value is -1.52. The summed E-state index contributed by atoms with van der Waals surface area (Å²) in [6, 6.07) is 3.20. The van der Waals surface area contributed by atoms with Crippen molar-refractivity contribution in [2.24, 2.45) is 0 Å². The molecule has 0 spiro atoms. The number of rotatable bonds is 1. The van der Waals surface area contributed by atoms with E-state index in [1.165, 1.54) is 6.07 Å². The Labute approximate surface area is 83.3 Å². The predicted octanol–water partition coefficient (Wildman–Crippen LogP) is 2.43. The van der Waals surface area contributed by atoms with Gasteiger partial charge in [0, 0.05) is 0 Å². The number of fused-ring (bicyclic) bond motifs is 1. The highest BCUT2D eigenvalue weighted by Crippen LogP contribution is 2.39. The molecule has 0 aromatic heterocycles. The number of aliphatic carboxylic acids is 1. The van der Waals surface area contributed by atoms with Crippen LogP contribution in [0, 0.1) is 0 Å². The quantitative estimate of drug-likeness (QED) is 0.782. The first-order valence-corrected chi connectivity index (χ1v) is 4.32. The third-order valence-electron chi connectivity index (χ3n) is 2.57. The van der Waals surface area contributed by atoms with Crippen LogP contribution in [0.3, 0.4) is 0 Å². The van der Waals surface area contributed by atoms with E-state index in [4.69, 9.17) is 5.11 Å². The summed E-state index contributed by atoms with van der Waals surface area (Å²) in [6.45, 7) is 0. The molecule has 5 heteroatoms. The van der Waals surface area contributed by atoms with Gasteiger partial charge in [-0.25, -0.2) is 0 Å². The van der Waals surface area contributed by atoms with Crippen molar-refractivity contribution in [3.05, 3.63) is 34.9 Å². The van der Waals surface area contributed by atoms with Crippen molar-refractivity contribution in [2.75, 3.05) is 0 Å². The van der Waals surface area contributed by atoms with Crippen molar-refractivity contribution in [1.29, 1.82) is 0 Å². The molecule has 0 saturated carbocycles. The molecule has 2 rings (SSSR count). The fourth-order valence-corrected chi connectivity index (χ4v) is 1.72. The van der Waals surface area contributed by atoms with Crippen molar-refractivity contribution in [3.8, 4) is 0 Å². The first-order chi connectivity index (χ1) is 6.89. The summed E-state index contributed by atoms with van der Waals surface area (Å²) in [5, 5.41) is 8.69. The molecule has 0 radical (unpaired) electrons. The lowest BCUT2D eigenvalue weighted by atomic mass is 9.77.